The first-order chi connectivity index (χ1) is 8.20. The Kier molecular flexibility index (Phi) is 3.35. The van der Waals surface area contributed by atoms with Gasteiger partial charge in [-0.25, -0.2) is 0 Å². The van der Waals surface area contributed by atoms with Gasteiger partial charge in [0.1, 0.15) is 0 Å². The van der Waals surface area contributed by atoms with E-state index < -0.39 is 5.54 Å². The zero-order valence-electron chi connectivity index (χ0n) is 9.54. The minimum Gasteiger partial charge on any atom is -0.318 e. The number of carbonyl (C=O) groups is 1. The maximum atomic E-state index is 11.8. The molecule has 1 aliphatic carbocycles. The second kappa shape index (κ2) is 4.93. The summed E-state index contributed by atoms with van der Waals surface area (Å²) in [5.41, 5.74) is 6.26. The largest absolute Gasteiger partial charge is 0.318 e. The van der Waals surface area contributed by atoms with Crippen molar-refractivity contribution in [3.63, 3.8) is 0 Å². The first-order valence-corrected chi connectivity index (χ1v) is 5.61. The van der Waals surface area contributed by atoms with Crippen molar-refractivity contribution in [2.45, 2.75) is 12.0 Å². The summed E-state index contributed by atoms with van der Waals surface area (Å²) in [4.78, 5) is 11.8. The van der Waals surface area contributed by atoms with Gasteiger partial charge in [0.25, 0.3) is 0 Å². The van der Waals surface area contributed by atoms with Gasteiger partial charge in [0.15, 0.2) is 5.78 Å². The highest BCUT2D eigenvalue weighted by Crippen LogP contribution is 2.16. The second-order valence-corrected chi connectivity index (χ2v) is 4.17. The number of benzene rings is 1. The molecule has 1 unspecified atom stereocenters. The topological polar surface area (TPSA) is 43.1 Å². The number of hydrogen-bond acceptors (Lipinski definition) is 2. The molecule has 86 valence electrons. The minimum absolute atomic E-state index is 0.0154. The summed E-state index contributed by atoms with van der Waals surface area (Å²) in [6, 6.07) is 9.18. The fraction of sp³-hybridized carbons (Fsp3) is 0.133. The number of hydrogen-bond donors (Lipinski definition) is 1. The van der Waals surface area contributed by atoms with E-state index in [1.54, 1.807) is 24.3 Å². The van der Waals surface area contributed by atoms with Crippen LogP contribution >= 0.6 is 0 Å². The zero-order valence-corrected chi connectivity index (χ0v) is 9.54. The van der Waals surface area contributed by atoms with Gasteiger partial charge in [0.2, 0.25) is 0 Å². The Morgan fingerprint density at radius 2 is 2.00 bits per heavy atom. The molecule has 0 spiro atoms. The number of ketones is 1. The number of allylic oxidation sites excluding steroid dienone is 3. The molecule has 0 fully saturated rings. The van der Waals surface area contributed by atoms with E-state index in [9.17, 15) is 4.79 Å². The summed E-state index contributed by atoms with van der Waals surface area (Å²) in [6.07, 6.45) is 11.8. The van der Waals surface area contributed by atoms with Crippen molar-refractivity contribution in [1.82, 2.24) is 0 Å². The monoisotopic (exact) mass is 225 g/mol. The Bertz CT molecular complexity index is 485. The van der Waals surface area contributed by atoms with Gasteiger partial charge in [-0.3, -0.25) is 4.79 Å². The lowest BCUT2D eigenvalue weighted by atomic mass is 9.91. The molecular weight excluding hydrogens is 210 g/mol. The predicted octanol–water partition coefficient (Wildman–Crippen LogP) is 2.64. The summed E-state index contributed by atoms with van der Waals surface area (Å²) < 4.78 is 0. The van der Waals surface area contributed by atoms with Crippen molar-refractivity contribution in [3.05, 3.63) is 72.4 Å². The van der Waals surface area contributed by atoms with E-state index >= 15 is 0 Å². The van der Waals surface area contributed by atoms with Crippen LogP contribution in [0.2, 0.25) is 0 Å². The summed E-state index contributed by atoms with van der Waals surface area (Å²) >= 11 is 0. The average Bonchev–Trinajstić information content (AvgIpc) is 2.38. The molecule has 1 atom stereocenters. The molecule has 2 nitrogen and oxygen atoms in total. The molecule has 0 heterocycles. The smallest absolute Gasteiger partial charge is 0.185 e. The van der Waals surface area contributed by atoms with Gasteiger partial charge < -0.3 is 5.73 Å². The van der Waals surface area contributed by atoms with Crippen molar-refractivity contribution in [1.29, 1.82) is 0 Å². The molecule has 0 saturated heterocycles. The molecule has 2 rings (SSSR count). The summed E-state index contributed by atoms with van der Waals surface area (Å²) in [6.45, 7) is 0. The number of carbonyl (C=O) groups excluding carboxylic acids is 1. The van der Waals surface area contributed by atoms with Crippen LogP contribution in [0.15, 0.2) is 66.8 Å². The van der Waals surface area contributed by atoms with Gasteiger partial charge in [-0.2, -0.15) is 0 Å². The second-order valence-electron chi connectivity index (χ2n) is 4.17. The fourth-order valence-corrected chi connectivity index (χ4v) is 1.71. The van der Waals surface area contributed by atoms with Gasteiger partial charge in [-0.15, -0.1) is 0 Å². The molecule has 1 aromatic carbocycles. The molecule has 17 heavy (non-hydrogen) atoms. The lowest BCUT2D eigenvalue weighted by molar-refractivity contribution is 0.104. The Morgan fingerprint density at radius 1 is 1.24 bits per heavy atom. The molecule has 1 aromatic rings. The van der Waals surface area contributed by atoms with Crippen LogP contribution in [0.1, 0.15) is 16.8 Å². The molecule has 0 amide bonds. The van der Waals surface area contributed by atoms with Crippen LogP contribution in [0.25, 0.3) is 0 Å². The molecule has 0 radical (unpaired) electrons. The van der Waals surface area contributed by atoms with Crippen molar-refractivity contribution < 1.29 is 4.79 Å². The van der Waals surface area contributed by atoms with Crippen LogP contribution in [0.3, 0.4) is 0 Å². The molecule has 1 aliphatic rings. The van der Waals surface area contributed by atoms with Crippen LogP contribution in [-0.2, 0) is 0 Å². The van der Waals surface area contributed by atoms with Crippen LogP contribution in [0.4, 0.5) is 0 Å². The van der Waals surface area contributed by atoms with E-state index in [4.69, 9.17) is 5.73 Å². The van der Waals surface area contributed by atoms with Gasteiger partial charge in [0.05, 0.1) is 5.54 Å². The van der Waals surface area contributed by atoms with Crippen LogP contribution < -0.4 is 5.73 Å². The SMILES string of the molecule is NC1(C=CC(=O)c2ccccc2)C=CC=CC1. The Hall–Kier alpha value is -1.93. The van der Waals surface area contributed by atoms with Crippen molar-refractivity contribution >= 4 is 5.78 Å². The lowest BCUT2D eigenvalue weighted by Crippen LogP contribution is -2.35. The number of rotatable bonds is 3. The Balaban J connectivity index is 2.09. The average molecular weight is 225 g/mol. The Labute approximate surface area is 101 Å². The molecule has 2 heteroatoms. The normalized spacial score (nSPS) is 23.1. The maximum Gasteiger partial charge on any atom is 0.185 e. The molecule has 0 bridgehead atoms. The highest BCUT2D eigenvalue weighted by atomic mass is 16.1. The molecule has 2 N–H and O–H groups in total. The van der Waals surface area contributed by atoms with Crippen molar-refractivity contribution in [3.8, 4) is 0 Å². The van der Waals surface area contributed by atoms with Crippen LogP contribution in [0.5, 0.6) is 0 Å². The van der Waals surface area contributed by atoms with Gasteiger partial charge in [0, 0.05) is 5.56 Å². The third kappa shape index (κ3) is 3.02. The van der Waals surface area contributed by atoms with E-state index in [0.717, 1.165) is 6.42 Å². The van der Waals surface area contributed by atoms with E-state index in [1.165, 1.54) is 0 Å². The molecular formula is C15H15NO. The third-order valence-electron chi connectivity index (χ3n) is 2.73. The summed E-state index contributed by atoms with van der Waals surface area (Å²) in [5, 5.41) is 0. The van der Waals surface area contributed by atoms with E-state index in [1.807, 2.05) is 42.5 Å². The van der Waals surface area contributed by atoms with E-state index in [0.29, 0.717) is 5.56 Å². The van der Waals surface area contributed by atoms with Gasteiger partial charge in [-0.05, 0) is 12.5 Å². The van der Waals surface area contributed by atoms with Crippen molar-refractivity contribution in [2.24, 2.45) is 5.73 Å². The predicted molar refractivity (Wildman–Crippen MR) is 69.7 cm³/mol. The van der Waals surface area contributed by atoms with Crippen molar-refractivity contribution in [2.75, 3.05) is 0 Å². The highest BCUT2D eigenvalue weighted by molar-refractivity contribution is 6.04. The van der Waals surface area contributed by atoms with E-state index in [2.05, 4.69) is 0 Å². The first-order valence-electron chi connectivity index (χ1n) is 5.61. The summed E-state index contributed by atoms with van der Waals surface area (Å²) in [7, 11) is 0. The lowest BCUT2D eigenvalue weighted by Gasteiger charge is -2.21. The molecule has 0 aliphatic heterocycles. The minimum atomic E-state index is -0.529. The van der Waals surface area contributed by atoms with Crippen LogP contribution in [0, 0.1) is 0 Å². The van der Waals surface area contributed by atoms with Gasteiger partial charge >= 0.3 is 0 Å². The standard InChI is InChI=1S/C15H15NO/c16-15(10-5-2-6-11-15)12-9-14(17)13-7-3-1-4-8-13/h1-10,12H,11,16H2. The summed E-state index contributed by atoms with van der Waals surface area (Å²) in [5.74, 6) is -0.0154. The molecule has 0 aromatic heterocycles. The highest BCUT2D eigenvalue weighted by Gasteiger charge is 2.17. The molecule has 0 saturated carbocycles. The van der Waals surface area contributed by atoms with Gasteiger partial charge in [-0.1, -0.05) is 60.7 Å². The Morgan fingerprint density at radius 3 is 2.65 bits per heavy atom. The third-order valence-corrected chi connectivity index (χ3v) is 2.73. The number of nitrogens with two attached hydrogens (primary N) is 1. The fourth-order valence-electron chi connectivity index (χ4n) is 1.71. The maximum absolute atomic E-state index is 11.8. The van der Waals surface area contributed by atoms with Crippen LogP contribution in [-0.4, -0.2) is 11.3 Å². The quantitative estimate of drug-likeness (QED) is 0.634. The van der Waals surface area contributed by atoms with E-state index in [-0.39, 0.29) is 5.78 Å². The first kappa shape index (κ1) is 11.6. The zero-order chi connectivity index (χ0) is 12.1.